The highest BCUT2D eigenvalue weighted by Gasteiger charge is 2.61. The van der Waals surface area contributed by atoms with Gasteiger partial charge in [-0.1, -0.05) is 0 Å². The van der Waals surface area contributed by atoms with Gasteiger partial charge in [0.05, 0.1) is 13.0 Å². The molecule has 86 valence electrons. The number of carbonyl (C=O) groups is 2. The van der Waals surface area contributed by atoms with Gasteiger partial charge in [-0.2, -0.15) is 13.2 Å². The maximum absolute atomic E-state index is 12.6. The first-order valence-electron chi connectivity index (χ1n) is 3.96. The summed E-state index contributed by atoms with van der Waals surface area (Å²) in [4.78, 5) is 21.1. The SMILES string of the molecule is O=C(O)CC1(C(F)(F)F)CC(=O)N(O)C1. The zero-order chi connectivity index (χ0) is 11.9. The van der Waals surface area contributed by atoms with Gasteiger partial charge >= 0.3 is 12.1 Å². The highest BCUT2D eigenvalue weighted by atomic mass is 19.4. The van der Waals surface area contributed by atoms with Crippen molar-refractivity contribution < 1.29 is 33.1 Å². The molecule has 0 aliphatic carbocycles. The van der Waals surface area contributed by atoms with Gasteiger partial charge in [-0.3, -0.25) is 14.8 Å². The highest BCUT2D eigenvalue weighted by Crippen LogP contribution is 2.47. The number of rotatable bonds is 2. The second-order valence-electron chi connectivity index (χ2n) is 3.48. The van der Waals surface area contributed by atoms with Gasteiger partial charge in [0.2, 0.25) is 5.91 Å². The van der Waals surface area contributed by atoms with Crippen molar-refractivity contribution in [2.24, 2.45) is 5.41 Å². The molecule has 1 fully saturated rings. The van der Waals surface area contributed by atoms with Gasteiger partial charge in [-0.25, -0.2) is 5.06 Å². The van der Waals surface area contributed by atoms with Crippen LogP contribution >= 0.6 is 0 Å². The Labute approximate surface area is 82.0 Å². The van der Waals surface area contributed by atoms with Crippen LogP contribution in [-0.4, -0.2) is 40.0 Å². The third-order valence-electron chi connectivity index (χ3n) is 2.32. The Kier molecular flexibility index (Phi) is 2.64. The van der Waals surface area contributed by atoms with Crippen molar-refractivity contribution >= 4 is 11.9 Å². The molecular weight excluding hydrogens is 219 g/mol. The highest BCUT2D eigenvalue weighted by molar-refractivity contribution is 5.80. The molecule has 1 amide bonds. The second-order valence-corrected chi connectivity index (χ2v) is 3.48. The summed E-state index contributed by atoms with van der Waals surface area (Å²) in [6.07, 6.45) is -7.09. The van der Waals surface area contributed by atoms with Crippen molar-refractivity contribution in [2.75, 3.05) is 6.54 Å². The predicted octanol–water partition coefficient (Wildman–Crippen LogP) is 0.631. The molecule has 1 rings (SSSR count). The van der Waals surface area contributed by atoms with Gasteiger partial charge in [-0.15, -0.1) is 0 Å². The molecule has 0 aromatic heterocycles. The summed E-state index contributed by atoms with van der Waals surface area (Å²) in [5.41, 5.74) is -2.68. The molecule has 1 aliphatic rings. The van der Waals surface area contributed by atoms with Gasteiger partial charge in [0, 0.05) is 6.42 Å². The summed E-state index contributed by atoms with van der Waals surface area (Å²) in [5, 5.41) is 17.1. The first-order chi connectivity index (χ1) is 6.68. The Morgan fingerprint density at radius 3 is 2.33 bits per heavy atom. The number of carboxylic acid groups (broad SMARTS) is 1. The topological polar surface area (TPSA) is 77.8 Å². The predicted molar refractivity (Wildman–Crippen MR) is 38.9 cm³/mol. The fourth-order valence-corrected chi connectivity index (χ4v) is 1.51. The van der Waals surface area contributed by atoms with Crippen molar-refractivity contribution in [3.05, 3.63) is 0 Å². The summed E-state index contributed by atoms with van der Waals surface area (Å²) in [6.45, 7) is -1.03. The third kappa shape index (κ3) is 2.04. The zero-order valence-corrected chi connectivity index (χ0v) is 7.41. The molecule has 0 aromatic rings. The molecular formula is C7H8F3NO4. The quantitative estimate of drug-likeness (QED) is 0.678. The van der Waals surface area contributed by atoms with Crippen LogP contribution in [0, 0.1) is 5.41 Å². The number of hydrogen-bond acceptors (Lipinski definition) is 3. The molecule has 5 nitrogen and oxygen atoms in total. The Morgan fingerprint density at radius 2 is 2.07 bits per heavy atom. The van der Waals surface area contributed by atoms with E-state index in [1.165, 1.54) is 0 Å². The number of aliphatic carboxylic acids is 1. The third-order valence-corrected chi connectivity index (χ3v) is 2.32. The molecule has 0 spiro atoms. The molecule has 8 heteroatoms. The Bertz CT molecular complexity index is 299. The standard InChI is InChI=1S/C7H8F3NO4/c8-7(9,10)6(2-5(13)14)1-4(12)11(15)3-6/h15H,1-3H2,(H,13,14). The lowest BCUT2D eigenvalue weighted by Gasteiger charge is -2.28. The van der Waals surface area contributed by atoms with E-state index in [1.54, 1.807) is 0 Å². The molecule has 1 unspecified atom stereocenters. The van der Waals surface area contributed by atoms with Gasteiger partial charge in [0.25, 0.3) is 0 Å². The largest absolute Gasteiger partial charge is 0.481 e. The molecule has 0 saturated carbocycles. The van der Waals surface area contributed by atoms with Crippen LogP contribution in [-0.2, 0) is 9.59 Å². The number of carboxylic acids is 1. The lowest BCUT2D eigenvalue weighted by Crippen LogP contribution is -2.42. The fraction of sp³-hybridized carbons (Fsp3) is 0.714. The van der Waals surface area contributed by atoms with E-state index >= 15 is 0 Å². The summed E-state index contributed by atoms with van der Waals surface area (Å²) < 4.78 is 37.7. The molecule has 0 radical (unpaired) electrons. The molecule has 15 heavy (non-hydrogen) atoms. The summed E-state index contributed by atoms with van der Waals surface area (Å²) in [7, 11) is 0. The van der Waals surface area contributed by atoms with Crippen LogP contribution in [0.5, 0.6) is 0 Å². The van der Waals surface area contributed by atoms with Crippen molar-refractivity contribution in [3.63, 3.8) is 0 Å². The fourth-order valence-electron chi connectivity index (χ4n) is 1.51. The smallest absolute Gasteiger partial charge is 0.397 e. The van der Waals surface area contributed by atoms with Gasteiger partial charge in [0.15, 0.2) is 0 Å². The molecule has 1 atom stereocenters. The van der Waals surface area contributed by atoms with Crippen molar-refractivity contribution in [1.82, 2.24) is 5.06 Å². The number of alkyl halides is 3. The lowest BCUT2D eigenvalue weighted by molar-refractivity contribution is -0.231. The molecule has 2 N–H and O–H groups in total. The number of amides is 1. The van der Waals surface area contributed by atoms with E-state index in [2.05, 4.69) is 0 Å². The van der Waals surface area contributed by atoms with Gasteiger partial charge in [-0.05, 0) is 0 Å². The van der Waals surface area contributed by atoms with Crippen LogP contribution in [0.3, 0.4) is 0 Å². The normalized spacial score (nSPS) is 27.2. The Hall–Kier alpha value is -1.31. The van der Waals surface area contributed by atoms with E-state index in [9.17, 15) is 22.8 Å². The first kappa shape index (κ1) is 11.8. The van der Waals surface area contributed by atoms with Crippen molar-refractivity contribution in [2.45, 2.75) is 19.0 Å². The Morgan fingerprint density at radius 1 is 1.53 bits per heavy atom. The number of hydrogen-bond donors (Lipinski definition) is 2. The van der Waals surface area contributed by atoms with Crippen LogP contribution in [0.2, 0.25) is 0 Å². The van der Waals surface area contributed by atoms with Crippen LogP contribution in [0.1, 0.15) is 12.8 Å². The van der Waals surface area contributed by atoms with E-state index in [4.69, 9.17) is 10.3 Å². The molecule has 0 aromatic carbocycles. The second kappa shape index (κ2) is 3.37. The summed E-state index contributed by atoms with van der Waals surface area (Å²) >= 11 is 0. The number of carbonyl (C=O) groups excluding carboxylic acids is 1. The Balaban J connectivity index is 3.00. The van der Waals surface area contributed by atoms with E-state index in [-0.39, 0.29) is 5.06 Å². The number of halogens is 3. The number of nitrogens with zero attached hydrogens (tertiary/aromatic N) is 1. The molecule has 0 bridgehead atoms. The maximum Gasteiger partial charge on any atom is 0.397 e. The minimum atomic E-state index is -4.83. The minimum absolute atomic E-state index is 0.0869. The molecule has 1 heterocycles. The van der Waals surface area contributed by atoms with Crippen LogP contribution in [0.25, 0.3) is 0 Å². The average Bonchev–Trinajstić information content (AvgIpc) is 2.25. The number of hydroxylamine groups is 2. The zero-order valence-electron chi connectivity index (χ0n) is 7.41. The van der Waals surface area contributed by atoms with Crippen LogP contribution < -0.4 is 0 Å². The van der Waals surface area contributed by atoms with E-state index in [1.807, 2.05) is 0 Å². The van der Waals surface area contributed by atoms with E-state index in [0.717, 1.165) is 0 Å². The van der Waals surface area contributed by atoms with Crippen LogP contribution in [0.15, 0.2) is 0 Å². The molecule has 1 saturated heterocycles. The van der Waals surface area contributed by atoms with E-state index in [0.29, 0.717) is 0 Å². The average molecular weight is 227 g/mol. The maximum atomic E-state index is 12.6. The molecule has 1 aliphatic heterocycles. The first-order valence-corrected chi connectivity index (χ1v) is 3.96. The van der Waals surface area contributed by atoms with Gasteiger partial charge < -0.3 is 5.11 Å². The van der Waals surface area contributed by atoms with Crippen molar-refractivity contribution in [1.29, 1.82) is 0 Å². The van der Waals surface area contributed by atoms with E-state index < -0.39 is 42.9 Å². The summed E-state index contributed by atoms with van der Waals surface area (Å²) in [5.74, 6) is -2.77. The summed E-state index contributed by atoms with van der Waals surface area (Å²) in [6, 6.07) is 0. The lowest BCUT2D eigenvalue weighted by atomic mass is 9.83. The monoisotopic (exact) mass is 227 g/mol. The minimum Gasteiger partial charge on any atom is -0.481 e. The van der Waals surface area contributed by atoms with Crippen LogP contribution in [0.4, 0.5) is 13.2 Å². The van der Waals surface area contributed by atoms with Crippen molar-refractivity contribution in [3.8, 4) is 0 Å². The van der Waals surface area contributed by atoms with Gasteiger partial charge in [0.1, 0.15) is 5.41 Å².